The molecule has 0 amide bonds. The zero-order valence-corrected chi connectivity index (χ0v) is 10.6. The summed E-state index contributed by atoms with van der Waals surface area (Å²) < 4.78 is 23.0. The van der Waals surface area contributed by atoms with Gasteiger partial charge in [0.2, 0.25) is 10.0 Å². The highest BCUT2D eigenvalue weighted by Gasteiger charge is 2.18. The standard InChI is InChI=1S/C11H9ClN2O3S/c12-7-3-4-8(10(6-7)18(13,16)17)11-9(15)2-1-5-14-11/h1-6,15H,(H2,13,16,17). The summed E-state index contributed by atoms with van der Waals surface area (Å²) in [5.41, 5.74) is 0.346. The van der Waals surface area contributed by atoms with Crippen LogP contribution in [0.2, 0.25) is 5.02 Å². The highest BCUT2D eigenvalue weighted by Crippen LogP contribution is 2.32. The number of sulfonamides is 1. The van der Waals surface area contributed by atoms with E-state index >= 15 is 0 Å². The molecule has 0 bridgehead atoms. The summed E-state index contributed by atoms with van der Waals surface area (Å²) in [6, 6.07) is 7.11. The Morgan fingerprint density at radius 3 is 2.61 bits per heavy atom. The molecule has 1 aromatic carbocycles. The molecule has 0 saturated heterocycles. The molecule has 0 aliphatic rings. The lowest BCUT2D eigenvalue weighted by atomic mass is 10.1. The fraction of sp³-hybridized carbons (Fsp3) is 0. The molecule has 18 heavy (non-hydrogen) atoms. The van der Waals surface area contributed by atoms with E-state index in [1.807, 2.05) is 0 Å². The van der Waals surface area contributed by atoms with Gasteiger partial charge in [-0.15, -0.1) is 0 Å². The summed E-state index contributed by atoms with van der Waals surface area (Å²) in [5.74, 6) is -0.135. The van der Waals surface area contributed by atoms with Crippen LogP contribution in [0, 0.1) is 0 Å². The lowest BCUT2D eigenvalue weighted by molar-refractivity contribution is 0.475. The summed E-state index contributed by atoms with van der Waals surface area (Å²) in [5, 5.41) is 15.0. The molecule has 0 aliphatic heterocycles. The number of aromatic nitrogens is 1. The highest BCUT2D eigenvalue weighted by atomic mass is 35.5. The number of nitrogens with two attached hydrogens (primary N) is 1. The Kier molecular flexibility index (Phi) is 3.25. The van der Waals surface area contributed by atoms with Crippen LogP contribution in [0.4, 0.5) is 0 Å². The SMILES string of the molecule is NS(=O)(=O)c1cc(Cl)ccc1-c1ncccc1O. The van der Waals surface area contributed by atoms with E-state index in [0.29, 0.717) is 0 Å². The van der Waals surface area contributed by atoms with Gasteiger partial charge in [0.25, 0.3) is 0 Å². The highest BCUT2D eigenvalue weighted by molar-refractivity contribution is 7.89. The smallest absolute Gasteiger partial charge is 0.238 e. The molecule has 3 N–H and O–H groups in total. The molecule has 1 heterocycles. The average Bonchev–Trinajstić information content (AvgIpc) is 2.29. The Morgan fingerprint density at radius 1 is 1.28 bits per heavy atom. The number of hydrogen-bond acceptors (Lipinski definition) is 4. The second-order valence-electron chi connectivity index (χ2n) is 3.56. The van der Waals surface area contributed by atoms with Crippen molar-refractivity contribution in [3.63, 3.8) is 0 Å². The van der Waals surface area contributed by atoms with Gasteiger partial charge in [-0.3, -0.25) is 4.98 Å². The van der Waals surface area contributed by atoms with Gasteiger partial charge in [-0.05, 0) is 30.3 Å². The summed E-state index contributed by atoms with van der Waals surface area (Å²) in [6.45, 7) is 0. The quantitative estimate of drug-likeness (QED) is 0.878. The number of primary sulfonamides is 1. The van der Waals surface area contributed by atoms with Crippen molar-refractivity contribution in [1.82, 2.24) is 4.98 Å². The van der Waals surface area contributed by atoms with Crippen molar-refractivity contribution < 1.29 is 13.5 Å². The molecule has 1 aromatic heterocycles. The molecule has 7 heteroatoms. The van der Waals surface area contributed by atoms with E-state index in [-0.39, 0.29) is 26.9 Å². The minimum Gasteiger partial charge on any atom is -0.506 e. The van der Waals surface area contributed by atoms with E-state index in [0.717, 1.165) is 0 Å². The number of pyridine rings is 1. The Morgan fingerprint density at radius 2 is 2.00 bits per heavy atom. The molecule has 0 unspecified atom stereocenters. The van der Waals surface area contributed by atoms with E-state index in [4.69, 9.17) is 16.7 Å². The van der Waals surface area contributed by atoms with E-state index in [1.54, 1.807) is 0 Å². The van der Waals surface area contributed by atoms with Crippen molar-refractivity contribution in [2.24, 2.45) is 5.14 Å². The van der Waals surface area contributed by atoms with Crippen LogP contribution >= 0.6 is 11.6 Å². The van der Waals surface area contributed by atoms with Crippen LogP contribution < -0.4 is 5.14 Å². The molecule has 5 nitrogen and oxygen atoms in total. The van der Waals surface area contributed by atoms with Crippen LogP contribution in [-0.4, -0.2) is 18.5 Å². The van der Waals surface area contributed by atoms with Crippen LogP contribution in [0.15, 0.2) is 41.4 Å². The molecule has 0 aliphatic carbocycles. The third-order valence-corrected chi connectivity index (χ3v) is 3.48. The molecule has 0 fully saturated rings. The van der Waals surface area contributed by atoms with Crippen molar-refractivity contribution >= 4 is 21.6 Å². The molecule has 0 radical (unpaired) electrons. The van der Waals surface area contributed by atoms with Crippen molar-refractivity contribution in [2.45, 2.75) is 4.90 Å². The van der Waals surface area contributed by atoms with Gasteiger partial charge in [-0.2, -0.15) is 0 Å². The number of rotatable bonds is 2. The number of benzene rings is 1. The van der Waals surface area contributed by atoms with Crippen molar-refractivity contribution in [1.29, 1.82) is 0 Å². The van der Waals surface area contributed by atoms with Gasteiger partial charge in [0.05, 0.1) is 4.90 Å². The maximum absolute atomic E-state index is 11.5. The molecular weight excluding hydrogens is 276 g/mol. The van der Waals surface area contributed by atoms with Crippen molar-refractivity contribution in [3.8, 4) is 17.0 Å². The molecule has 2 aromatic rings. The Labute approximate surface area is 109 Å². The lowest BCUT2D eigenvalue weighted by Gasteiger charge is -2.08. The number of aromatic hydroxyl groups is 1. The number of hydrogen-bond donors (Lipinski definition) is 2. The second-order valence-corrected chi connectivity index (χ2v) is 5.52. The molecule has 0 atom stereocenters. The largest absolute Gasteiger partial charge is 0.506 e. The Balaban J connectivity index is 2.77. The van der Waals surface area contributed by atoms with E-state index in [1.165, 1.54) is 36.5 Å². The van der Waals surface area contributed by atoms with E-state index in [2.05, 4.69) is 4.98 Å². The minimum absolute atomic E-state index is 0.135. The number of nitrogens with zero attached hydrogens (tertiary/aromatic N) is 1. The van der Waals surface area contributed by atoms with Crippen molar-refractivity contribution in [2.75, 3.05) is 0 Å². The first-order valence-electron chi connectivity index (χ1n) is 4.86. The zero-order chi connectivity index (χ0) is 13.3. The van der Waals surface area contributed by atoms with Gasteiger partial charge in [0.1, 0.15) is 11.4 Å². The third kappa shape index (κ3) is 2.45. The van der Waals surface area contributed by atoms with Crippen molar-refractivity contribution in [3.05, 3.63) is 41.6 Å². The van der Waals surface area contributed by atoms with Gasteiger partial charge < -0.3 is 5.11 Å². The second kappa shape index (κ2) is 4.56. The van der Waals surface area contributed by atoms with Crippen LogP contribution in [-0.2, 0) is 10.0 Å². The molecule has 2 rings (SSSR count). The lowest BCUT2D eigenvalue weighted by Crippen LogP contribution is -2.13. The first-order valence-corrected chi connectivity index (χ1v) is 6.79. The van der Waals surface area contributed by atoms with Gasteiger partial charge >= 0.3 is 0 Å². The topological polar surface area (TPSA) is 93.3 Å². The molecule has 94 valence electrons. The summed E-state index contributed by atoms with van der Waals surface area (Å²) in [7, 11) is -3.96. The summed E-state index contributed by atoms with van der Waals surface area (Å²) in [4.78, 5) is 3.76. The van der Waals surface area contributed by atoms with Gasteiger partial charge in [-0.1, -0.05) is 11.6 Å². The molecular formula is C11H9ClN2O3S. The first-order chi connectivity index (χ1) is 8.39. The first kappa shape index (κ1) is 12.8. The van der Waals surface area contributed by atoms with E-state index in [9.17, 15) is 13.5 Å². The summed E-state index contributed by atoms with van der Waals surface area (Å²) in [6.07, 6.45) is 1.44. The predicted octanol–water partition coefficient (Wildman–Crippen LogP) is 1.76. The van der Waals surface area contributed by atoms with E-state index < -0.39 is 10.0 Å². The van der Waals surface area contributed by atoms with Crippen LogP contribution in [0.3, 0.4) is 0 Å². The summed E-state index contributed by atoms with van der Waals surface area (Å²) >= 11 is 5.75. The van der Waals surface area contributed by atoms with Gasteiger partial charge in [0, 0.05) is 16.8 Å². The van der Waals surface area contributed by atoms with Gasteiger partial charge in [-0.25, -0.2) is 13.6 Å². The predicted molar refractivity (Wildman–Crippen MR) is 67.7 cm³/mol. The maximum atomic E-state index is 11.5. The Bertz CT molecular complexity index is 701. The minimum atomic E-state index is -3.96. The molecule has 0 spiro atoms. The van der Waals surface area contributed by atoms with Crippen LogP contribution in [0.5, 0.6) is 5.75 Å². The average molecular weight is 285 g/mol. The normalized spacial score (nSPS) is 11.4. The van der Waals surface area contributed by atoms with Crippen LogP contribution in [0.1, 0.15) is 0 Å². The third-order valence-electron chi connectivity index (χ3n) is 2.29. The molecule has 0 saturated carbocycles. The fourth-order valence-corrected chi connectivity index (χ4v) is 2.53. The monoisotopic (exact) mass is 284 g/mol. The number of halogens is 1. The fourth-order valence-electron chi connectivity index (χ4n) is 1.53. The van der Waals surface area contributed by atoms with Gasteiger partial charge in [0.15, 0.2) is 0 Å². The zero-order valence-electron chi connectivity index (χ0n) is 9.04. The van der Waals surface area contributed by atoms with Crippen LogP contribution in [0.25, 0.3) is 11.3 Å². The maximum Gasteiger partial charge on any atom is 0.238 e. The Hall–Kier alpha value is -1.63.